The first kappa shape index (κ1) is 17.4. The van der Waals surface area contributed by atoms with Gasteiger partial charge in [-0.1, -0.05) is 38.1 Å². The number of piperidine rings is 1. The average Bonchev–Trinajstić information content (AvgIpc) is 2.57. The Kier molecular flexibility index (Phi) is 4.71. The molecule has 2 fully saturated rings. The summed E-state index contributed by atoms with van der Waals surface area (Å²) in [7, 11) is 0. The van der Waals surface area contributed by atoms with E-state index in [1.165, 1.54) is 11.1 Å². The molecule has 0 spiro atoms. The lowest BCUT2D eigenvalue weighted by Crippen LogP contribution is -2.58. The number of nitrogens with two attached hydrogens (primary N) is 1. The first-order chi connectivity index (χ1) is 11.4. The van der Waals surface area contributed by atoms with Crippen LogP contribution >= 0.6 is 0 Å². The molecule has 1 aromatic rings. The maximum absolute atomic E-state index is 13.7. The molecule has 0 saturated carbocycles. The van der Waals surface area contributed by atoms with Gasteiger partial charge in [-0.15, -0.1) is 0 Å². The van der Waals surface area contributed by atoms with E-state index in [1.54, 1.807) is 0 Å². The predicted molar refractivity (Wildman–Crippen MR) is 95.9 cm³/mol. The van der Waals surface area contributed by atoms with Gasteiger partial charge >= 0.3 is 0 Å². The van der Waals surface area contributed by atoms with E-state index in [2.05, 4.69) is 37.8 Å². The van der Waals surface area contributed by atoms with Crippen molar-refractivity contribution < 1.29 is 9.53 Å². The van der Waals surface area contributed by atoms with Gasteiger partial charge in [-0.2, -0.15) is 0 Å². The van der Waals surface area contributed by atoms with Crippen LogP contribution in [-0.2, 0) is 14.9 Å². The molecule has 2 N–H and O–H groups in total. The van der Waals surface area contributed by atoms with Crippen LogP contribution in [0.2, 0.25) is 0 Å². The number of carbonyl (C=O) groups is 1. The molecular formula is C20H30N2O2. The van der Waals surface area contributed by atoms with Crippen molar-refractivity contribution in [2.24, 2.45) is 11.1 Å². The third-order valence-corrected chi connectivity index (χ3v) is 6.02. The maximum atomic E-state index is 13.7. The third kappa shape index (κ3) is 2.98. The van der Waals surface area contributed by atoms with Crippen LogP contribution in [0.1, 0.15) is 44.2 Å². The van der Waals surface area contributed by atoms with Crippen LogP contribution in [0.25, 0.3) is 0 Å². The number of aryl methyl sites for hydroxylation is 1. The van der Waals surface area contributed by atoms with Crippen molar-refractivity contribution in [2.75, 3.05) is 26.3 Å². The Bertz CT molecular complexity index is 605. The Hall–Kier alpha value is -1.39. The summed E-state index contributed by atoms with van der Waals surface area (Å²) in [6.07, 6.45) is 2.40. The third-order valence-electron chi connectivity index (χ3n) is 6.02. The van der Waals surface area contributed by atoms with Crippen LogP contribution in [0.4, 0.5) is 0 Å². The highest BCUT2D eigenvalue weighted by Gasteiger charge is 2.47. The van der Waals surface area contributed by atoms with Gasteiger partial charge in [-0.05, 0) is 42.7 Å². The van der Waals surface area contributed by atoms with E-state index in [0.29, 0.717) is 13.2 Å². The fourth-order valence-corrected chi connectivity index (χ4v) is 4.28. The Labute approximate surface area is 145 Å². The quantitative estimate of drug-likeness (QED) is 0.907. The van der Waals surface area contributed by atoms with Crippen molar-refractivity contribution in [3.8, 4) is 0 Å². The first-order valence-corrected chi connectivity index (χ1v) is 9.06. The maximum Gasteiger partial charge on any atom is 0.233 e. The lowest BCUT2D eigenvalue weighted by atomic mass is 9.70. The molecule has 2 aliphatic heterocycles. The highest BCUT2D eigenvalue weighted by molar-refractivity contribution is 5.89. The van der Waals surface area contributed by atoms with Crippen molar-refractivity contribution >= 4 is 5.91 Å². The summed E-state index contributed by atoms with van der Waals surface area (Å²) in [4.78, 5) is 15.7. The van der Waals surface area contributed by atoms with E-state index >= 15 is 0 Å². The summed E-state index contributed by atoms with van der Waals surface area (Å²) in [5.74, 6) is 0.264. The van der Waals surface area contributed by atoms with Crippen LogP contribution in [0.3, 0.4) is 0 Å². The van der Waals surface area contributed by atoms with Gasteiger partial charge in [0.15, 0.2) is 0 Å². The average molecular weight is 330 g/mol. The van der Waals surface area contributed by atoms with E-state index in [-0.39, 0.29) is 17.4 Å². The lowest BCUT2D eigenvalue weighted by molar-refractivity contribution is -0.145. The molecule has 0 aliphatic carbocycles. The van der Waals surface area contributed by atoms with E-state index in [1.807, 2.05) is 12.1 Å². The minimum absolute atomic E-state index is 0.0357. The van der Waals surface area contributed by atoms with Crippen molar-refractivity contribution in [3.63, 3.8) is 0 Å². The van der Waals surface area contributed by atoms with E-state index in [4.69, 9.17) is 10.5 Å². The summed E-state index contributed by atoms with van der Waals surface area (Å²) in [5.41, 5.74) is 8.15. The number of likely N-dealkylation sites (tertiary alicyclic amines) is 1. The SMILES string of the molecule is Cc1ccccc1C1(C(=O)N2CCC(N)C(C)(C)C2)CCOCC1. The molecule has 2 saturated heterocycles. The molecule has 2 heterocycles. The lowest BCUT2D eigenvalue weighted by Gasteiger charge is -2.47. The van der Waals surface area contributed by atoms with Gasteiger partial charge in [0, 0.05) is 32.3 Å². The monoisotopic (exact) mass is 330 g/mol. The highest BCUT2D eigenvalue weighted by atomic mass is 16.5. The zero-order valence-corrected chi connectivity index (χ0v) is 15.2. The number of hydrogen-bond acceptors (Lipinski definition) is 3. The molecule has 1 aromatic carbocycles. The number of carbonyl (C=O) groups excluding carboxylic acids is 1. The molecule has 0 aromatic heterocycles. The number of hydrogen-bond donors (Lipinski definition) is 1. The Morgan fingerprint density at radius 2 is 1.92 bits per heavy atom. The van der Waals surface area contributed by atoms with Crippen LogP contribution in [0, 0.1) is 12.3 Å². The molecule has 3 rings (SSSR count). The van der Waals surface area contributed by atoms with E-state index < -0.39 is 5.41 Å². The first-order valence-electron chi connectivity index (χ1n) is 9.06. The van der Waals surface area contributed by atoms with Gasteiger partial charge in [0.25, 0.3) is 0 Å². The summed E-state index contributed by atoms with van der Waals surface area (Å²) in [6, 6.07) is 8.47. The Morgan fingerprint density at radius 3 is 2.54 bits per heavy atom. The second-order valence-electron chi connectivity index (χ2n) is 8.12. The molecule has 4 heteroatoms. The normalized spacial score (nSPS) is 26.2. The standard InChI is InChI=1S/C20H30N2O2/c1-15-6-4-5-7-16(15)20(9-12-24-13-10-20)18(23)22-11-8-17(21)19(2,3)14-22/h4-7,17H,8-14,21H2,1-3H3. The molecule has 1 amide bonds. The number of ether oxygens (including phenoxy) is 1. The Balaban J connectivity index is 1.95. The zero-order valence-electron chi connectivity index (χ0n) is 15.2. The minimum atomic E-state index is -0.443. The molecule has 132 valence electrons. The number of amides is 1. The van der Waals surface area contributed by atoms with E-state index in [9.17, 15) is 4.79 Å². The smallest absolute Gasteiger partial charge is 0.233 e. The van der Waals surface area contributed by atoms with Crippen molar-refractivity contribution in [1.29, 1.82) is 0 Å². The topological polar surface area (TPSA) is 55.6 Å². The largest absolute Gasteiger partial charge is 0.381 e. The van der Waals surface area contributed by atoms with Crippen LogP contribution in [-0.4, -0.2) is 43.2 Å². The summed E-state index contributed by atoms with van der Waals surface area (Å²) in [5, 5.41) is 0. The van der Waals surface area contributed by atoms with Gasteiger partial charge in [0.2, 0.25) is 5.91 Å². The molecule has 0 radical (unpaired) electrons. The molecule has 2 aliphatic rings. The number of nitrogens with zero attached hydrogens (tertiary/aromatic N) is 1. The fourth-order valence-electron chi connectivity index (χ4n) is 4.28. The Morgan fingerprint density at radius 1 is 1.25 bits per heavy atom. The molecule has 1 unspecified atom stereocenters. The van der Waals surface area contributed by atoms with Crippen molar-refractivity contribution in [1.82, 2.24) is 4.90 Å². The van der Waals surface area contributed by atoms with Crippen molar-refractivity contribution in [3.05, 3.63) is 35.4 Å². The molecular weight excluding hydrogens is 300 g/mol. The molecule has 24 heavy (non-hydrogen) atoms. The summed E-state index contributed by atoms with van der Waals surface area (Å²) in [6.45, 7) is 9.24. The highest BCUT2D eigenvalue weighted by Crippen LogP contribution is 2.40. The van der Waals surface area contributed by atoms with Gasteiger partial charge < -0.3 is 15.4 Å². The van der Waals surface area contributed by atoms with Crippen LogP contribution < -0.4 is 5.73 Å². The fraction of sp³-hybridized carbons (Fsp3) is 0.650. The molecule has 0 bridgehead atoms. The number of rotatable bonds is 2. The van der Waals surface area contributed by atoms with E-state index in [0.717, 1.165) is 32.4 Å². The van der Waals surface area contributed by atoms with Gasteiger partial charge in [0.05, 0.1) is 5.41 Å². The van der Waals surface area contributed by atoms with Gasteiger partial charge in [-0.3, -0.25) is 4.79 Å². The van der Waals surface area contributed by atoms with Crippen LogP contribution in [0.15, 0.2) is 24.3 Å². The summed E-state index contributed by atoms with van der Waals surface area (Å²) >= 11 is 0. The molecule has 4 nitrogen and oxygen atoms in total. The van der Waals surface area contributed by atoms with Gasteiger partial charge in [0.1, 0.15) is 0 Å². The molecule has 1 atom stereocenters. The summed E-state index contributed by atoms with van der Waals surface area (Å²) < 4.78 is 5.59. The van der Waals surface area contributed by atoms with Crippen molar-refractivity contribution in [2.45, 2.75) is 51.5 Å². The van der Waals surface area contributed by atoms with Crippen LogP contribution in [0.5, 0.6) is 0 Å². The second-order valence-corrected chi connectivity index (χ2v) is 8.12. The number of benzene rings is 1. The minimum Gasteiger partial charge on any atom is -0.381 e. The second kappa shape index (κ2) is 6.49. The van der Waals surface area contributed by atoms with Gasteiger partial charge in [-0.25, -0.2) is 0 Å². The zero-order chi connectivity index (χ0) is 17.4. The predicted octanol–water partition coefficient (Wildman–Crippen LogP) is 2.63.